The number of piperazine rings is 1. The number of hydrogen-bond acceptors (Lipinski definition) is 6. The fraction of sp³-hybridized carbons (Fsp3) is 0.579. The maximum absolute atomic E-state index is 6.18. The normalized spacial score (nSPS) is 25.0. The SMILES string of the molecule is C[C@@H]1CN(Cc2ccc3nc(Cl)nc(N4CCOCC4)c3c2)C[C@H](C)N1. The van der Waals surface area contributed by atoms with Crippen molar-refractivity contribution in [3.63, 3.8) is 0 Å². The zero-order valence-corrected chi connectivity index (χ0v) is 16.2. The Labute approximate surface area is 159 Å². The van der Waals surface area contributed by atoms with Gasteiger partial charge in [-0.3, -0.25) is 4.90 Å². The molecule has 0 unspecified atom stereocenters. The molecular weight excluding hydrogens is 350 g/mol. The molecule has 2 aromatic rings. The largest absolute Gasteiger partial charge is 0.378 e. The minimum absolute atomic E-state index is 0.302. The Morgan fingerprint density at radius 2 is 1.88 bits per heavy atom. The van der Waals surface area contributed by atoms with E-state index in [1.807, 2.05) is 0 Å². The highest BCUT2D eigenvalue weighted by Crippen LogP contribution is 2.27. The van der Waals surface area contributed by atoms with E-state index in [4.69, 9.17) is 16.3 Å². The van der Waals surface area contributed by atoms with Crippen LogP contribution in [0.1, 0.15) is 19.4 Å². The third kappa shape index (κ3) is 3.93. The molecular formula is C19H26ClN5O. The van der Waals surface area contributed by atoms with Gasteiger partial charge in [-0.2, -0.15) is 4.98 Å². The summed E-state index contributed by atoms with van der Waals surface area (Å²) < 4.78 is 5.48. The molecule has 0 aliphatic carbocycles. The molecule has 2 atom stereocenters. The van der Waals surface area contributed by atoms with E-state index >= 15 is 0 Å². The lowest BCUT2D eigenvalue weighted by molar-refractivity contribution is 0.122. The number of halogens is 1. The van der Waals surface area contributed by atoms with Crippen molar-refractivity contribution in [3.8, 4) is 0 Å². The monoisotopic (exact) mass is 375 g/mol. The van der Waals surface area contributed by atoms with Gasteiger partial charge in [-0.15, -0.1) is 0 Å². The van der Waals surface area contributed by atoms with Crippen LogP contribution in [0.4, 0.5) is 5.82 Å². The zero-order chi connectivity index (χ0) is 18.1. The van der Waals surface area contributed by atoms with Crippen LogP contribution in [0, 0.1) is 0 Å². The fourth-order valence-corrected chi connectivity index (χ4v) is 4.25. The second-order valence-corrected chi connectivity index (χ2v) is 7.77. The Bertz CT molecular complexity index is 770. The predicted molar refractivity (Wildman–Crippen MR) is 105 cm³/mol. The molecule has 2 aliphatic rings. The molecule has 3 heterocycles. The number of anilines is 1. The van der Waals surface area contributed by atoms with Crippen LogP contribution in [-0.2, 0) is 11.3 Å². The minimum atomic E-state index is 0.302. The second-order valence-electron chi connectivity index (χ2n) is 7.43. The summed E-state index contributed by atoms with van der Waals surface area (Å²) in [5.41, 5.74) is 2.19. The Morgan fingerprint density at radius 1 is 1.15 bits per heavy atom. The first-order chi connectivity index (χ1) is 12.6. The lowest BCUT2D eigenvalue weighted by Crippen LogP contribution is -2.53. The van der Waals surface area contributed by atoms with Gasteiger partial charge in [0.25, 0.3) is 0 Å². The molecule has 0 amide bonds. The topological polar surface area (TPSA) is 53.5 Å². The van der Waals surface area contributed by atoms with Crippen LogP contribution in [0.5, 0.6) is 0 Å². The van der Waals surface area contributed by atoms with E-state index in [1.165, 1.54) is 5.56 Å². The van der Waals surface area contributed by atoms with Gasteiger partial charge in [0.2, 0.25) is 5.28 Å². The first kappa shape index (κ1) is 17.9. The highest BCUT2D eigenvalue weighted by atomic mass is 35.5. The maximum Gasteiger partial charge on any atom is 0.224 e. The third-order valence-electron chi connectivity index (χ3n) is 5.06. The molecule has 2 saturated heterocycles. The summed E-state index contributed by atoms with van der Waals surface area (Å²) in [4.78, 5) is 13.7. The number of benzene rings is 1. The number of hydrogen-bond donors (Lipinski definition) is 1. The average molecular weight is 376 g/mol. The molecule has 26 heavy (non-hydrogen) atoms. The summed E-state index contributed by atoms with van der Waals surface area (Å²) in [5, 5.41) is 4.96. The first-order valence-electron chi connectivity index (χ1n) is 9.36. The standard InChI is InChI=1S/C19H26ClN5O/c1-13-10-24(11-14(2)21-13)12-15-3-4-17-16(9-15)18(23-19(20)22-17)25-5-7-26-8-6-25/h3-4,9,13-14,21H,5-8,10-12H2,1-2H3/t13-,14+. The predicted octanol–water partition coefficient (Wildman–Crippen LogP) is 2.30. The van der Waals surface area contributed by atoms with Crippen molar-refractivity contribution in [2.45, 2.75) is 32.5 Å². The summed E-state index contributed by atoms with van der Waals surface area (Å²) in [6.07, 6.45) is 0. The van der Waals surface area contributed by atoms with Crippen molar-refractivity contribution in [1.82, 2.24) is 20.2 Å². The molecule has 6 nitrogen and oxygen atoms in total. The van der Waals surface area contributed by atoms with Crippen LogP contribution < -0.4 is 10.2 Å². The first-order valence-corrected chi connectivity index (χ1v) is 9.73. The number of nitrogens with zero attached hydrogens (tertiary/aromatic N) is 4. The van der Waals surface area contributed by atoms with Gasteiger partial charge in [0, 0.05) is 50.2 Å². The van der Waals surface area contributed by atoms with Gasteiger partial charge in [0.15, 0.2) is 0 Å². The molecule has 140 valence electrons. The quantitative estimate of drug-likeness (QED) is 0.831. The molecule has 1 aromatic heterocycles. The summed E-state index contributed by atoms with van der Waals surface area (Å²) in [6, 6.07) is 7.49. The number of ether oxygens (including phenoxy) is 1. The lowest BCUT2D eigenvalue weighted by Gasteiger charge is -2.36. The smallest absolute Gasteiger partial charge is 0.224 e. The van der Waals surface area contributed by atoms with Crippen molar-refractivity contribution in [2.24, 2.45) is 0 Å². The van der Waals surface area contributed by atoms with Gasteiger partial charge in [-0.1, -0.05) is 6.07 Å². The van der Waals surface area contributed by atoms with E-state index in [1.54, 1.807) is 0 Å². The lowest BCUT2D eigenvalue weighted by atomic mass is 10.1. The van der Waals surface area contributed by atoms with Crippen LogP contribution >= 0.6 is 11.6 Å². The summed E-state index contributed by atoms with van der Waals surface area (Å²) in [7, 11) is 0. The van der Waals surface area contributed by atoms with Gasteiger partial charge in [-0.05, 0) is 43.1 Å². The van der Waals surface area contributed by atoms with Crippen molar-refractivity contribution >= 4 is 28.3 Å². The third-order valence-corrected chi connectivity index (χ3v) is 5.23. The second kappa shape index (κ2) is 7.64. The number of rotatable bonds is 3. The molecule has 7 heteroatoms. The van der Waals surface area contributed by atoms with E-state index in [2.05, 4.69) is 57.1 Å². The Kier molecular flexibility index (Phi) is 5.27. The number of morpholine rings is 1. The van der Waals surface area contributed by atoms with Gasteiger partial charge < -0.3 is 15.0 Å². The summed E-state index contributed by atoms with van der Waals surface area (Å²) in [6.45, 7) is 10.7. The van der Waals surface area contributed by atoms with Crippen molar-refractivity contribution in [3.05, 3.63) is 29.0 Å². The van der Waals surface area contributed by atoms with Gasteiger partial charge >= 0.3 is 0 Å². The molecule has 1 N–H and O–H groups in total. The van der Waals surface area contributed by atoms with E-state index < -0.39 is 0 Å². The number of nitrogens with one attached hydrogen (secondary N) is 1. The molecule has 0 bridgehead atoms. The van der Waals surface area contributed by atoms with Crippen molar-refractivity contribution in [2.75, 3.05) is 44.3 Å². The fourth-order valence-electron chi connectivity index (χ4n) is 4.07. The van der Waals surface area contributed by atoms with E-state index in [9.17, 15) is 0 Å². The molecule has 1 aromatic carbocycles. The van der Waals surface area contributed by atoms with Crippen LogP contribution in [0.15, 0.2) is 18.2 Å². The van der Waals surface area contributed by atoms with Crippen LogP contribution in [0.25, 0.3) is 10.9 Å². The Balaban J connectivity index is 1.64. The van der Waals surface area contributed by atoms with Gasteiger partial charge in [0.05, 0.1) is 18.7 Å². The molecule has 2 aliphatic heterocycles. The van der Waals surface area contributed by atoms with Crippen LogP contribution in [0.2, 0.25) is 5.28 Å². The average Bonchev–Trinajstić information content (AvgIpc) is 2.61. The highest BCUT2D eigenvalue weighted by Gasteiger charge is 2.22. The van der Waals surface area contributed by atoms with Crippen LogP contribution in [-0.4, -0.2) is 66.3 Å². The molecule has 0 saturated carbocycles. The van der Waals surface area contributed by atoms with Crippen molar-refractivity contribution in [1.29, 1.82) is 0 Å². The molecule has 0 radical (unpaired) electrons. The van der Waals surface area contributed by atoms with E-state index in [0.29, 0.717) is 17.4 Å². The zero-order valence-electron chi connectivity index (χ0n) is 15.4. The Hall–Kier alpha value is -1.47. The van der Waals surface area contributed by atoms with Crippen LogP contribution in [0.3, 0.4) is 0 Å². The minimum Gasteiger partial charge on any atom is -0.378 e. The summed E-state index contributed by atoms with van der Waals surface area (Å²) in [5.74, 6) is 0.923. The van der Waals surface area contributed by atoms with E-state index in [0.717, 1.165) is 62.7 Å². The van der Waals surface area contributed by atoms with E-state index in [-0.39, 0.29) is 0 Å². The highest BCUT2D eigenvalue weighted by molar-refractivity contribution is 6.28. The Morgan fingerprint density at radius 3 is 2.62 bits per heavy atom. The number of aromatic nitrogens is 2. The van der Waals surface area contributed by atoms with Crippen molar-refractivity contribution < 1.29 is 4.74 Å². The molecule has 0 spiro atoms. The van der Waals surface area contributed by atoms with Gasteiger partial charge in [-0.25, -0.2) is 4.98 Å². The molecule has 4 rings (SSSR count). The maximum atomic E-state index is 6.18. The molecule has 2 fully saturated rings. The van der Waals surface area contributed by atoms with Gasteiger partial charge in [0.1, 0.15) is 5.82 Å². The summed E-state index contributed by atoms with van der Waals surface area (Å²) >= 11 is 6.18. The number of fused-ring (bicyclic) bond motifs is 1.